The van der Waals surface area contributed by atoms with Crippen LogP contribution in [0.15, 0.2) is 64.7 Å². The summed E-state index contributed by atoms with van der Waals surface area (Å²) < 4.78 is 18.6. The fourth-order valence-electron chi connectivity index (χ4n) is 4.22. The van der Waals surface area contributed by atoms with Crippen LogP contribution in [-0.4, -0.2) is 41.3 Å². The number of nitrogens with zero attached hydrogens (tertiary/aromatic N) is 6. The van der Waals surface area contributed by atoms with Gasteiger partial charge in [0.15, 0.2) is 5.65 Å². The summed E-state index contributed by atoms with van der Waals surface area (Å²) in [5.74, 6) is -0.907. The van der Waals surface area contributed by atoms with Gasteiger partial charge in [0.05, 0.1) is 24.7 Å². The number of nitrogens with one attached hydrogen (secondary N) is 1. The summed E-state index contributed by atoms with van der Waals surface area (Å²) in [6.07, 6.45) is 4.28. The molecule has 0 aliphatic heterocycles. The molecule has 1 aromatic carbocycles. The Hall–Kier alpha value is -4.67. The third kappa shape index (κ3) is 4.51. The third-order valence-electron chi connectivity index (χ3n) is 6.18. The number of rotatable bonds is 7. The zero-order chi connectivity index (χ0) is 26.1. The molecule has 0 saturated heterocycles. The van der Waals surface area contributed by atoms with E-state index in [2.05, 4.69) is 20.4 Å². The number of aryl methyl sites for hydroxylation is 2. The smallest absolute Gasteiger partial charge is 0.264 e. The maximum atomic E-state index is 14.0. The number of halogens is 1. The number of pyridine rings is 2. The Balaban J connectivity index is 1.33. The molecule has 0 aliphatic rings. The quantitative estimate of drug-likeness (QED) is 0.366. The second-order valence-electron chi connectivity index (χ2n) is 8.61. The lowest BCUT2D eigenvalue weighted by Crippen LogP contribution is -2.32. The number of carbonyl (C=O) groups is 1. The largest absolute Gasteiger partial charge is 0.350 e. The zero-order valence-corrected chi connectivity index (χ0v) is 20.3. The lowest BCUT2D eigenvalue weighted by atomic mass is 10.1. The number of hydrogen-bond acceptors (Lipinski definition) is 6. The van der Waals surface area contributed by atoms with E-state index in [-0.39, 0.29) is 41.6 Å². The summed E-state index contributed by atoms with van der Waals surface area (Å²) in [5, 5.41) is 7.64. The number of carbonyl (C=O) groups excluding carboxylic acids is 1. The summed E-state index contributed by atoms with van der Waals surface area (Å²) in [4.78, 5) is 47.5. The minimum atomic E-state index is -0.508. The van der Waals surface area contributed by atoms with Crippen molar-refractivity contribution in [2.75, 3.05) is 6.54 Å². The maximum Gasteiger partial charge on any atom is 0.264 e. The highest BCUT2D eigenvalue weighted by atomic mass is 19.1. The molecule has 0 fully saturated rings. The Kier molecular flexibility index (Phi) is 6.34. The SMILES string of the molecule is CCn1cc(C(=O)NCCn2ncc3c(=O)n(Cc4ccccc4F)cnc32)c(=O)c2ccc(C)nc21. The van der Waals surface area contributed by atoms with Crippen LogP contribution < -0.4 is 16.3 Å². The van der Waals surface area contributed by atoms with Gasteiger partial charge in [-0.3, -0.25) is 19.0 Å². The topological polar surface area (TPSA) is 117 Å². The van der Waals surface area contributed by atoms with Crippen molar-refractivity contribution < 1.29 is 9.18 Å². The molecule has 0 bridgehead atoms. The molecule has 1 N–H and O–H groups in total. The van der Waals surface area contributed by atoms with Crippen molar-refractivity contribution in [2.24, 2.45) is 0 Å². The van der Waals surface area contributed by atoms with E-state index in [0.717, 1.165) is 5.69 Å². The van der Waals surface area contributed by atoms with Crippen LogP contribution in [0, 0.1) is 12.7 Å². The summed E-state index contributed by atoms with van der Waals surface area (Å²) in [6.45, 7) is 4.74. The van der Waals surface area contributed by atoms with Crippen molar-refractivity contribution >= 4 is 28.0 Å². The van der Waals surface area contributed by atoms with Gasteiger partial charge < -0.3 is 9.88 Å². The number of amides is 1. The summed E-state index contributed by atoms with van der Waals surface area (Å²) in [5.41, 5.74) is 1.35. The molecule has 0 saturated carbocycles. The average Bonchev–Trinajstić information content (AvgIpc) is 3.30. The van der Waals surface area contributed by atoms with Gasteiger partial charge in [0, 0.05) is 30.5 Å². The molecule has 0 atom stereocenters. The second-order valence-corrected chi connectivity index (χ2v) is 8.61. The lowest BCUT2D eigenvalue weighted by Gasteiger charge is -2.12. The van der Waals surface area contributed by atoms with Crippen LogP contribution in [0.2, 0.25) is 0 Å². The monoisotopic (exact) mass is 501 g/mol. The minimum Gasteiger partial charge on any atom is -0.350 e. The fourth-order valence-corrected chi connectivity index (χ4v) is 4.22. The van der Waals surface area contributed by atoms with Gasteiger partial charge in [0.2, 0.25) is 5.43 Å². The third-order valence-corrected chi connectivity index (χ3v) is 6.18. The van der Waals surface area contributed by atoms with Gasteiger partial charge in [-0.2, -0.15) is 5.10 Å². The van der Waals surface area contributed by atoms with Gasteiger partial charge in [-0.1, -0.05) is 18.2 Å². The van der Waals surface area contributed by atoms with Crippen molar-refractivity contribution in [3.05, 3.63) is 98.3 Å². The Labute approximate surface area is 210 Å². The molecule has 188 valence electrons. The van der Waals surface area contributed by atoms with Crippen LogP contribution in [0.3, 0.4) is 0 Å². The highest BCUT2D eigenvalue weighted by Crippen LogP contribution is 2.12. The molecule has 0 unspecified atom stereocenters. The first-order valence-corrected chi connectivity index (χ1v) is 11.8. The molecule has 4 aromatic heterocycles. The normalized spacial score (nSPS) is 11.3. The summed E-state index contributed by atoms with van der Waals surface area (Å²) >= 11 is 0. The fraction of sp³-hybridized carbons (Fsp3) is 0.231. The molecule has 0 spiro atoms. The second kappa shape index (κ2) is 9.76. The molecule has 5 aromatic rings. The number of fused-ring (bicyclic) bond motifs is 2. The van der Waals surface area contributed by atoms with E-state index < -0.39 is 11.7 Å². The van der Waals surface area contributed by atoms with Gasteiger partial charge in [-0.15, -0.1) is 0 Å². The van der Waals surface area contributed by atoms with Crippen LogP contribution in [0.5, 0.6) is 0 Å². The summed E-state index contributed by atoms with van der Waals surface area (Å²) in [7, 11) is 0. The molecule has 37 heavy (non-hydrogen) atoms. The van der Waals surface area contributed by atoms with Gasteiger partial charge in [0.25, 0.3) is 11.5 Å². The Morgan fingerprint density at radius 1 is 1.05 bits per heavy atom. The minimum absolute atomic E-state index is 0.0273. The first-order chi connectivity index (χ1) is 17.9. The highest BCUT2D eigenvalue weighted by Gasteiger charge is 2.17. The molecule has 11 heteroatoms. The zero-order valence-electron chi connectivity index (χ0n) is 20.3. The van der Waals surface area contributed by atoms with Crippen LogP contribution in [-0.2, 0) is 19.6 Å². The summed E-state index contributed by atoms with van der Waals surface area (Å²) in [6, 6.07) is 9.67. The van der Waals surface area contributed by atoms with Crippen molar-refractivity contribution in [3.63, 3.8) is 0 Å². The van der Waals surface area contributed by atoms with Crippen LogP contribution in [0.25, 0.3) is 22.1 Å². The molecule has 4 heterocycles. The van der Waals surface area contributed by atoms with E-state index >= 15 is 0 Å². The van der Waals surface area contributed by atoms with Crippen LogP contribution >= 0.6 is 0 Å². The first kappa shape index (κ1) is 24.0. The van der Waals surface area contributed by atoms with Crippen molar-refractivity contribution in [3.8, 4) is 0 Å². The number of benzene rings is 1. The van der Waals surface area contributed by atoms with E-state index in [1.165, 1.54) is 34.0 Å². The molecule has 10 nitrogen and oxygen atoms in total. The van der Waals surface area contributed by atoms with Crippen molar-refractivity contribution in [2.45, 2.75) is 33.5 Å². The van der Waals surface area contributed by atoms with E-state index in [1.54, 1.807) is 34.9 Å². The molecule has 5 rings (SSSR count). The van der Waals surface area contributed by atoms with Gasteiger partial charge in [0.1, 0.15) is 28.7 Å². The Morgan fingerprint density at radius 3 is 2.65 bits per heavy atom. The molecular weight excluding hydrogens is 477 g/mol. The maximum absolute atomic E-state index is 14.0. The van der Waals surface area contributed by atoms with E-state index in [1.807, 2.05) is 13.8 Å². The first-order valence-electron chi connectivity index (χ1n) is 11.8. The van der Waals surface area contributed by atoms with Crippen LogP contribution in [0.1, 0.15) is 28.5 Å². The van der Waals surface area contributed by atoms with Crippen molar-refractivity contribution in [1.82, 2.24) is 34.2 Å². The van der Waals surface area contributed by atoms with Gasteiger partial charge >= 0.3 is 0 Å². The standard InChI is InChI=1S/C26H24FN7O3/c1-3-32-14-20(22(35)18-9-8-16(2)31-24(18)32)25(36)28-10-11-34-23-19(12-30-34)26(37)33(15-29-23)13-17-6-4-5-7-21(17)27/h4-9,12,14-15H,3,10-11,13H2,1-2H3,(H,28,36). The predicted molar refractivity (Wildman–Crippen MR) is 136 cm³/mol. The van der Waals surface area contributed by atoms with Gasteiger partial charge in [-0.05, 0) is 32.0 Å². The lowest BCUT2D eigenvalue weighted by molar-refractivity contribution is 0.0950. The molecule has 0 aliphatic carbocycles. The van der Waals surface area contributed by atoms with Gasteiger partial charge in [-0.25, -0.2) is 19.0 Å². The number of aromatic nitrogens is 6. The van der Waals surface area contributed by atoms with Crippen LogP contribution in [0.4, 0.5) is 4.39 Å². The Morgan fingerprint density at radius 2 is 1.86 bits per heavy atom. The van der Waals surface area contributed by atoms with E-state index in [9.17, 15) is 18.8 Å². The highest BCUT2D eigenvalue weighted by molar-refractivity contribution is 5.96. The predicted octanol–water partition coefficient (Wildman–Crippen LogP) is 2.25. The molecule has 1 amide bonds. The van der Waals surface area contributed by atoms with E-state index in [0.29, 0.717) is 28.8 Å². The van der Waals surface area contributed by atoms with Crippen molar-refractivity contribution in [1.29, 1.82) is 0 Å². The van der Waals surface area contributed by atoms with E-state index in [4.69, 9.17) is 0 Å². The molecular formula is C26H24FN7O3. The Bertz CT molecular complexity index is 1770. The average molecular weight is 502 g/mol. The molecule has 0 radical (unpaired) electrons. The number of hydrogen-bond donors (Lipinski definition) is 1.